The third kappa shape index (κ3) is 4.66. The van der Waals surface area contributed by atoms with Crippen molar-refractivity contribution in [1.82, 2.24) is 9.78 Å². The first-order valence-corrected chi connectivity index (χ1v) is 8.33. The molecule has 0 aliphatic carbocycles. The van der Waals surface area contributed by atoms with E-state index in [4.69, 9.17) is 39.5 Å². The zero-order valence-corrected chi connectivity index (χ0v) is 15.0. The Morgan fingerprint density at radius 1 is 1.08 bits per heavy atom. The van der Waals surface area contributed by atoms with Crippen LogP contribution in [0.3, 0.4) is 0 Å². The molecule has 0 saturated heterocycles. The Morgan fingerprint density at radius 2 is 1.84 bits per heavy atom. The topological polar surface area (TPSA) is 56.1 Å². The molecule has 0 atom stereocenters. The maximum Gasteiger partial charge on any atom is 0.262 e. The Morgan fingerprint density at radius 3 is 2.48 bits per heavy atom. The summed E-state index contributed by atoms with van der Waals surface area (Å²) in [5, 5.41) is 8.25. The highest BCUT2D eigenvalue weighted by Crippen LogP contribution is 2.27. The number of benzene rings is 2. The number of amides is 1. The van der Waals surface area contributed by atoms with Gasteiger partial charge in [0.2, 0.25) is 0 Å². The molecule has 1 N–H and O–H groups in total. The molecule has 3 aromatic rings. The van der Waals surface area contributed by atoms with Crippen molar-refractivity contribution in [1.29, 1.82) is 0 Å². The molecular weight excluding hydrogens is 385 g/mol. The predicted molar refractivity (Wildman–Crippen MR) is 99.2 cm³/mol. The number of ether oxygens (including phenoxy) is 1. The van der Waals surface area contributed by atoms with Crippen LogP contribution in [-0.2, 0) is 4.79 Å². The lowest BCUT2D eigenvalue weighted by Gasteiger charge is -2.09. The number of aromatic nitrogens is 2. The first-order chi connectivity index (χ1) is 12.0. The van der Waals surface area contributed by atoms with E-state index < -0.39 is 0 Å². The third-order valence-corrected chi connectivity index (χ3v) is 3.95. The summed E-state index contributed by atoms with van der Waals surface area (Å²) in [6, 6.07) is 12.0. The van der Waals surface area contributed by atoms with Gasteiger partial charge in [-0.2, -0.15) is 5.10 Å². The van der Waals surface area contributed by atoms with E-state index in [1.54, 1.807) is 47.4 Å². The molecule has 128 valence electrons. The molecule has 0 fully saturated rings. The molecule has 5 nitrogen and oxygen atoms in total. The second-order valence-electron chi connectivity index (χ2n) is 5.06. The molecule has 0 unspecified atom stereocenters. The van der Waals surface area contributed by atoms with Gasteiger partial charge in [0.05, 0.1) is 21.9 Å². The van der Waals surface area contributed by atoms with Crippen molar-refractivity contribution in [3.05, 3.63) is 69.9 Å². The minimum Gasteiger partial charge on any atom is -0.482 e. The van der Waals surface area contributed by atoms with Crippen molar-refractivity contribution in [3.8, 4) is 11.4 Å². The number of hydrogen-bond acceptors (Lipinski definition) is 3. The number of nitrogens with zero attached hydrogens (tertiary/aromatic N) is 2. The highest BCUT2D eigenvalue weighted by atomic mass is 35.5. The van der Waals surface area contributed by atoms with Crippen molar-refractivity contribution >= 4 is 46.4 Å². The molecule has 1 heterocycles. The van der Waals surface area contributed by atoms with Gasteiger partial charge in [-0.15, -0.1) is 0 Å². The first-order valence-electron chi connectivity index (χ1n) is 7.19. The minimum atomic E-state index is -0.305. The standard InChI is InChI=1S/C17H12Cl3N3O2/c18-11-1-6-16(15(20)7-11)25-10-17(24)22-13-2-4-14(5-3-13)23-9-12(19)8-21-23/h1-9H,10H2,(H,22,24). The van der Waals surface area contributed by atoms with E-state index >= 15 is 0 Å². The highest BCUT2D eigenvalue weighted by Gasteiger charge is 2.07. The monoisotopic (exact) mass is 395 g/mol. The van der Waals surface area contributed by atoms with Crippen molar-refractivity contribution in [3.63, 3.8) is 0 Å². The van der Waals surface area contributed by atoms with Gasteiger partial charge in [-0.1, -0.05) is 34.8 Å². The van der Waals surface area contributed by atoms with E-state index in [-0.39, 0.29) is 12.5 Å². The van der Waals surface area contributed by atoms with Crippen LogP contribution >= 0.6 is 34.8 Å². The Balaban J connectivity index is 1.57. The van der Waals surface area contributed by atoms with Gasteiger partial charge in [0, 0.05) is 16.9 Å². The van der Waals surface area contributed by atoms with Gasteiger partial charge < -0.3 is 10.1 Å². The lowest BCUT2D eigenvalue weighted by atomic mass is 10.3. The fourth-order valence-electron chi connectivity index (χ4n) is 2.07. The molecular formula is C17H12Cl3N3O2. The smallest absolute Gasteiger partial charge is 0.262 e. The second-order valence-corrected chi connectivity index (χ2v) is 6.34. The van der Waals surface area contributed by atoms with Gasteiger partial charge in [-0.3, -0.25) is 4.79 Å². The minimum absolute atomic E-state index is 0.169. The molecule has 0 saturated carbocycles. The number of carbonyl (C=O) groups excluding carboxylic acids is 1. The molecule has 0 radical (unpaired) electrons. The Bertz CT molecular complexity index is 894. The van der Waals surface area contributed by atoms with Crippen LogP contribution in [0.5, 0.6) is 5.75 Å². The summed E-state index contributed by atoms with van der Waals surface area (Å²) in [6.45, 7) is -0.169. The summed E-state index contributed by atoms with van der Waals surface area (Å²) in [5.74, 6) is 0.0908. The maximum atomic E-state index is 12.0. The lowest BCUT2D eigenvalue weighted by Crippen LogP contribution is -2.20. The zero-order valence-electron chi connectivity index (χ0n) is 12.7. The molecule has 0 aliphatic heterocycles. The normalized spacial score (nSPS) is 10.5. The molecule has 8 heteroatoms. The zero-order chi connectivity index (χ0) is 17.8. The molecule has 1 amide bonds. The summed E-state index contributed by atoms with van der Waals surface area (Å²) in [7, 11) is 0. The molecule has 25 heavy (non-hydrogen) atoms. The van der Waals surface area contributed by atoms with E-state index in [1.165, 1.54) is 0 Å². The molecule has 0 spiro atoms. The van der Waals surface area contributed by atoms with E-state index in [0.717, 1.165) is 5.69 Å². The van der Waals surface area contributed by atoms with Crippen LogP contribution in [0.4, 0.5) is 5.69 Å². The summed E-state index contributed by atoms with van der Waals surface area (Å²) >= 11 is 17.6. The maximum absolute atomic E-state index is 12.0. The SMILES string of the molecule is O=C(COc1ccc(Cl)cc1Cl)Nc1ccc(-n2cc(Cl)cn2)cc1. The number of hydrogen-bond donors (Lipinski definition) is 1. The Hall–Kier alpha value is -2.21. The fourth-order valence-corrected chi connectivity index (χ4v) is 2.67. The number of nitrogens with one attached hydrogen (secondary N) is 1. The number of anilines is 1. The first kappa shape index (κ1) is 17.6. The summed E-state index contributed by atoms with van der Waals surface area (Å²) < 4.78 is 7.03. The van der Waals surface area contributed by atoms with E-state index in [1.807, 2.05) is 12.1 Å². The van der Waals surface area contributed by atoms with E-state index in [9.17, 15) is 4.79 Å². The van der Waals surface area contributed by atoms with Crippen LogP contribution in [0.15, 0.2) is 54.9 Å². The van der Waals surface area contributed by atoms with Crippen LogP contribution in [0.2, 0.25) is 15.1 Å². The average Bonchev–Trinajstić information content (AvgIpc) is 3.01. The molecule has 3 rings (SSSR count). The summed E-state index contributed by atoms with van der Waals surface area (Å²) in [5.41, 5.74) is 1.46. The molecule has 1 aromatic heterocycles. The van der Waals surface area contributed by atoms with Crippen molar-refractivity contribution in [2.45, 2.75) is 0 Å². The van der Waals surface area contributed by atoms with Crippen LogP contribution in [0.25, 0.3) is 5.69 Å². The van der Waals surface area contributed by atoms with E-state index in [0.29, 0.717) is 26.5 Å². The Labute approximate surface area is 159 Å². The molecule has 0 bridgehead atoms. The van der Waals surface area contributed by atoms with Crippen molar-refractivity contribution in [2.24, 2.45) is 0 Å². The van der Waals surface area contributed by atoms with E-state index in [2.05, 4.69) is 10.4 Å². The summed E-state index contributed by atoms with van der Waals surface area (Å²) in [4.78, 5) is 12.0. The average molecular weight is 397 g/mol. The van der Waals surface area contributed by atoms with Crippen LogP contribution in [-0.4, -0.2) is 22.3 Å². The van der Waals surface area contributed by atoms with Crippen molar-refractivity contribution < 1.29 is 9.53 Å². The van der Waals surface area contributed by atoms with Gasteiger partial charge in [0.25, 0.3) is 5.91 Å². The van der Waals surface area contributed by atoms with Crippen LogP contribution < -0.4 is 10.1 Å². The number of carbonyl (C=O) groups is 1. The largest absolute Gasteiger partial charge is 0.482 e. The number of halogens is 3. The lowest BCUT2D eigenvalue weighted by molar-refractivity contribution is -0.118. The van der Waals surface area contributed by atoms with Gasteiger partial charge in [-0.25, -0.2) is 4.68 Å². The van der Waals surface area contributed by atoms with Gasteiger partial charge in [0.15, 0.2) is 6.61 Å². The Kier molecular flexibility index (Phi) is 5.48. The predicted octanol–water partition coefficient (Wildman–Crippen LogP) is 4.85. The second kappa shape index (κ2) is 7.78. The number of rotatable bonds is 5. The fraction of sp³-hybridized carbons (Fsp3) is 0.0588. The van der Waals surface area contributed by atoms with Gasteiger partial charge in [-0.05, 0) is 42.5 Å². The third-order valence-electron chi connectivity index (χ3n) is 3.22. The summed E-state index contributed by atoms with van der Waals surface area (Å²) in [6.07, 6.45) is 3.25. The highest BCUT2D eigenvalue weighted by molar-refractivity contribution is 6.35. The molecule has 2 aromatic carbocycles. The van der Waals surface area contributed by atoms with Crippen LogP contribution in [0.1, 0.15) is 0 Å². The van der Waals surface area contributed by atoms with Gasteiger partial charge >= 0.3 is 0 Å². The van der Waals surface area contributed by atoms with Crippen LogP contribution in [0, 0.1) is 0 Å². The van der Waals surface area contributed by atoms with Crippen molar-refractivity contribution in [2.75, 3.05) is 11.9 Å². The molecule has 0 aliphatic rings. The van der Waals surface area contributed by atoms with Gasteiger partial charge in [0.1, 0.15) is 5.75 Å². The quantitative estimate of drug-likeness (QED) is 0.671.